The Hall–Kier alpha value is -2.15. The van der Waals surface area contributed by atoms with Gasteiger partial charge in [0.2, 0.25) is 5.91 Å². The number of carbonyl (C=O) groups is 2. The molecule has 25 heavy (non-hydrogen) atoms. The first kappa shape index (κ1) is 17.7. The summed E-state index contributed by atoms with van der Waals surface area (Å²) in [4.78, 5) is 31.2. The molecular formula is C18H19FN2O3S. The van der Waals surface area contributed by atoms with Crippen LogP contribution in [0.25, 0.3) is 0 Å². The molecule has 5 nitrogen and oxygen atoms in total. The monoisotopic (exact) mass is 362 g/mol. The van der Waals surface area contributed by atoms with E-state index in [4.69, 9.17) is 4.74 Å². The normalized spacial score (nSPS) is 23.0. The van der Waals surface area contributed by atoms with Gasteiger partial charge in [-0.15, -0.1) is 0 Å². The number of ether oxygens (including phenoxy) is 1. The number of halogens is 1. The van der Waals surface area contributed by atoms with Crippen molar-refractivity contribution in [3.63, 3.8) is 0 Å². The van der Waals surface area contributed by atoms with Gasteiger partial charge in [0, 0.05) is 0 Å². The summed E-state index contributed by atoms with van der Waals surface area (Å²) in [6, 6.07) is 5.19. The maximum Gasteiger partial charge on any atom is 0.338 e. The van der Waals surface area contributed by atoms with Crippen LogP contribution in [0.15, 0.2) is 40.5 Å². The van der Waals surface area contributed by atoms with Gasteiger partial charge in [0.1, 0.15) is 5.82 Å². The van der Waals surface area contributed by atoms with Crippen molar-refractivity contribution in [2.75, 3.05) is 0 Å². The minimum Gasteiger partial charge on any atom is -0.459 e. The number of hydrogen-bond donors (Lipinski definition) is 0. The molecule has 2 aliphatic heterocycles. The van der Waals surface area contributed by atoms with Crippen molar-refractivity contribution in [2.24, 2.45) is 4.99 Å². The second-order valence-electron chi connectivity index (χ2n) is 6.27. The van der Waals surface area contributed by atoms with Gasteiger partial charge in [0.05, 0.1) is 28.7 Å². The Morgan fingerprint density at radius 3 is 2.76 bits per heavy atom. The summed E-state index contributed by atoms with van der Waals surface area (Å²) < 4.78 is 19.2. The standard InChI is InChI=1S/C18H19FN2O3S/c1-9(2)24-17(23)14-10(3)20-18-21(16(22)11(4)25-18)15(14)12-6-5-7-13(19)8-12/h5-9,11,15H,1-4H3/t11-,15-/m1/s1. The average molecular weight is 362 g/mol. The highest BCUT2D eigenvalue weighted by Gasteiger charge is 2.46. The predicted molar refractivity (Wildman–Crippen MR) is 94.4 cm³/mol. The molecule has 1 amide bonds. The smallest absolute Gasteiger partial charge is 0.338 e. The molecule has 1 saturated heterocycles. The van der Waals surface area contributed by atoms with Crippen LogP contribution in [-0.4, -0.2) is 33.3 Å². The maximum absolute atomic E-state index is 13.8. The lowest BCUT2D eigenvalue weighted by molar-refractivity contribution is -0.143. The molecule has 0 saturated carbocycles. The number of carbonyl (C=O) groups excluding carboxylic acids is 2. The summed E-state index contributed by atoms with van der Waals surface area (Å²) in [5.74, 6) is -1.12. The number of allylic oxidation sites excluding steroid dienone is 1. The molecule has 1 aromatic rings. The molecule has 0 radical (unpaired) electrons. The van der Waals surface area contributed by atoms with Crippen molar-refractivity contribution in [3.8, 4) is 0 Å². The molecule has 1 aromatic carbocycles. The van der Waals surface area contributed by atoms with E-state index in [1.807, 2.05) is 0 Å². The molecule has 2 atom stereocenters. The van der Waals surface area contributed by atoms with E-state index in [1.54, 1.807) is 39.8 Å². The van der Waals surface area contributed by atoms with E-state index in [2.05, 4.69) is 4.99 Å². The third-order valence-corrected chi connectivity index (χ3v) is 5.04. The van der Waals surface area contributed by atoms with Crippen LogP contribution in [0.4, 0.5) is 4.39 Å². The van der Waals surface area contributed by atoms with E-state index in [0.717, 1.165) is 0 Å². The summed E-state index contributed by atoms with van der Waals surface area (Å²) in [5.41, 5.74) is 1.28. The van der Waals surface area contributed by atoms with Crippen molar-refractivity contribution in [2.45, 2.75) is 45.1 Å². The Balaban J connectivity index is 2.14. The van der Waals surface area contributed by atoms with Gasteiger partial charge >= 0.3 is 5.97 Å². The largest absolute Gasteiger partial charge is 0.459 e. The molecule has 1 fully saturated rings. The minimum absolute atomic E-state index is 0.152. The van der Waals surface area contributed by atoms with Crippen LogP contribution in [0, 0.1) is 5.82 Å². The number of hydrogen-bond acceptors (Lipinski definition) is 5. The lowest BCUT2D eigenvalue weighted by Gasteiger charge is -2.33. The molecule has 0 aromatic heterocycles. The number of aliphatic imine (C=N–C) groups is 1. The number of benzene rings is 1. The van der Waals surface area contributed by atoms with Gasteiger partial charge in [-0.2, -0.15) is 0 Å². The summed E-state index contributed by atoms with van der Waals surface area (Å²) in [5, 5.41) is 0.230. The van der Waals surface area contributed by atoms with Crippen LogP contribution in [0.5, 0.6) is 0 Å². The van der Waals surface area contributed by atoms with Gasteiger partial charge < -0.3 is 4.74 Å². The second kappa shape index (κ2) is 6.63. The SMILES string of the molecule is CC1=C(C(=O)OC(C)C)[C@@H](c2cccc(F)c2)N2C(=O)[C@@H](C)SC2=N1. The number of esters is 1. The van der Waals surface area contributed by atoms with Crippen LogP contribution in [-0.2, 0) is 14.3 Å². The highest BCUT2D eigenvalue weighted by atomic mass is 32.2. The molecule has 3 rings (SSSR count). The van der Waals surface area contributed by atoms with Crippen LogP contribution in [0.1, 0.15) is 39.3 Å². The molecular weight excluding hydrogens is 343 g/mol. The number of nitrogens with zero attached hydrogens (tertiary/aromatic N) is 2. The fraction of sp³-hybridized carbons (Fsp3) is 0.389. The van der Waals surface area contributed by atoms with E-state index < -0.39 is 17.8 Å². The fourth-order valence-corrected chi connectivity index (χ4v) is 3.96. The molecule has 0 spiro atoms. The van der Waals surface area contributed by atoms with Gasteiger partial charge in [-0.1, -0.05) is 23.9 Å². The zero-order valence-electron chi connectivity index (χ0n) is 14.4. The maximum atomic E-state index is 13.8. The summed E-state index contributed by atoms with van der Waals surface area (Å²) in [6.45, 7) is 7.00. The third-order valence-electron chi connectivity index (χ3n) is 3.99. The van der Waals surface area contributed by atoms with E-state index in [0.29, 0.717) is 16.4 Å². The zero-order valence-corrected chi connectivity index (χ0v) is 15.3. The first-order valence-electron chi connectivity index (χ1n) is 8.05. The zero-order chi connectivity index (χ0) is 18.3. The molecule has 0 unspecified atom stereocenters. The van der Waals surface area contributed by atoms with Gasteiger partial charge in [0.15, 0.2) is 5.17 Å². The van der Waals surface area contributed by atoms with Crippen LogP contribution >= 0.6 is 11.8 Å². The molecule has 132 valence electrons. The first-order valence-corrected chi connectivity index (χ1v) is 8.93. The van der Waals surface area contributed by atoms with Crippen molar-refractivity contribution in [1.82, 2.24) is 4.90 Å². The van der Waals surface area contributed by atoms with Crippen molar-refractivity contribution in [3.05, 3.63) is 46.9 Å². The Morgan fingerprint density at radius 2 is 2.12 bits per heavy atom. The van der Waals surface area contributed by atoms with Crippen LogP contribution in [0.3, 0.4) is 0 Å². The molecule has 0 bridgehead atoms. The van der Waals surface area contributed by atoms with Gasteiger partial charge in [-0.25, -0.2) is 14.2 Å². The average Bonchev–Trinajstić information content (AvgIpc) is 2.79. The molecule has 0 N–H and O–H groups in total. The quantitative estimate of drug-likeness (QED) is 0.773. The van der Waals surface area contributed by atoms with Crippen LogP contribution < -0.4 is 0 Å². The van der Waals surface area contributed by atoms with Crippen molar-refractivity contribution < 1.29 is 18.7 Å². The molecule has 0 aliphatic carbocycles. The summed E-state index contributed by atoms with van der Waals surface area (Å²) in [6.07, 6.45) is -0.311. The van der Waals surface area contributed by atoms with E-state index >= 15 is 0 Å². The van der Waals surface area contributed by atoms with Gasteiger partial charge in [-0.3, -0.25) is 9.69 Å². The van der Waals surface area contributed by atoms with Gasteiger partial charge in [-0.05, 0) is 45.4 Å². The molecule has 2 heterocycles. The minimum atomic E-state index is -0.737. The highest BCUT2D eigenvalue weighted by Crippen LogP contribution is 2.43. The Morgan fingerprint density at radius 1 is 1.40 bits per heavy atom. The Labute approximate surface area is 149 Å². The lowest BCUT2D eigenvalue weighted by atomic mass is 9.94. The van der Waals surface area contributed by atoms with E-state index in [1.165, 1.54) is 28.8 Å². The number of thioether (sulfide) groups is 1. The Kier molecular flexibility index (Phi) is 4.69. The molecule has 7 heteroatoms. The highest BCUT2D eigenvalue weighted by molar-refractivity contribution is 8.15. The topological polar surface area (TPSA) is 59.0 Å². The van der Waals surface area contributed by atoms with Crippen LogP contribution in [0.2, 0.25) is 0 Å². The third kappa shape index (κ3) is 3.20. The number of amidine groups is 1. The van der Waals surface area contributed by atoms with E-state index in [-0.39, 0.29) is 22.8 Å². The first-order chi connectivity index (χ1) is 11.8. The molecule has 2 aliphatic rings. The van der Waals surface area contributed by atoms with Crippen molar-refractivity contribution in [1.29, 1.82) is 0 Å². The van der Waals surface area contributed by atoms with Crippen molar-refractivity contribution >= 4 is 28.8 Å². The lowest BCUT2D eigenvalue weighted by Crippen LogP contribution is -2.40. The van der Waals surface area contributed by atoms with Gasteiger partial charge in [0.25, 0.3) is 0 Å². The number of rotatable bonds is 3. The summed E-state index contributed by atoms with van der Waals surface area (Å²) in [7, 11) is 0. The number of fused-ring (bicyclic) bond motifs is 1. The number of amides is 1. The summed E-state index contributed by atoms with van der Waals surface area (Å²) >= 11 is 1.34. The fourth-order valence-electron chi connectivity index (χ4n) is 2.93. The van der Waals surface area contributed by atoms with E-state index in [9.17, 15) is 14.0 Å². The Bertz CT molecular complexity index is 803. The second-order valence-corrected chi connectivity index (χ2v) is 7.58. The predicted octanol–water partition coefficient (Wildman–Crippen LogP) is 3.43.